The van der Waals surface area contributed by atoms with Gasteiger partial charge in [-0.15, -0.1) is 0 Å². The molecule has 1 aromatic carbocycles. The predicted molar refractivity (Wildman–Crippen MR) is 81.2 cm³/mol. The highest BCUT2D eigenvalue weighted by atomic mass is 15.1. The normalized spacial score (nSPS) is 13.4. The Bertz CT molecular complexity index is 552. The summed E-state index contributed by atoms with van der Waals surface area (Å²) in [7, 11) is 2.11. The highest BCUT2D eigenvalue weighted by Crippen LogP contribution is 2.19. The summed E-state index contributed by atoms with van der Waals surface area (Å²) in [5.41, 5.74) is 9.48. The smallest absolute Gasteiger partial charge is 0.109 e. The Kier molecular flexibility index (Phi) is 4.25. The van der Waals surface area contributed by atoms with Gasteiger partial charge < -0.3 is 10.3 Å². The Morgan fingerprint density at radius 3 is 2.63 bits per heavy atom. The van der Waals surface area contributed by atoms with E-state index in [1.807, 2.05) is 0 Å². The number of aryl methyl sites for hydroxylation is 2. The van der Waals surface area contributed by atoms with Gasteiger partial charge in [0, 0.05) is 19.5 Å². The molecule has 3 nitrogen and oxygen atoms in total. The first-order chi connectivity index (χ1) is 8.97. The molecule has 0 bridgehead atoms. The van der Waals surface area contributed by atoms with Gasteiger partial charge in [0.1, 0.15) is 5.82 Å². The fourth-order valence-corrected chi connectivity index (χ4v) is 2.39. The summed E-state index contributed by atoms with van der Waals surface area (Å²) in [6.45, 7) is 6.51. The van der Waals surface area contributed by atoms with Gasteiger partial charge in [-0.1, -0.05) is 19.9 Å². The predicted octanol–water partition coefficient (Wildman–Crippen LogP) is 3.05. The van der Waals surface area contributed by atoms with Gasteiger partial charge in [-0.05, 0) is 43.4 Å². The molecule has 0 spiro atoms. The van der Waals surface area contributed by atoms with Crippen molar-refractivity contribution in [1.82, 2.24) is 9.55 Å². The third-order valence-corrected chi connectivity index (χ3v) is 3.52. The Labute approximate surface area is 115 Å². The van der Waals surface area contributed by atoms with E-state index in [1.54, 1.807) is 0 Å². The molecule has 0 fully saturated rings. The van der Waals surface area contributed by atoms with E-state index in [4.69, 9.17) is 10.7 Å². The number of imidazole rings is 1. The molecule has 2 N–H and O–H groups in total. The van der Waals surface area contributed by atoms with Crippen molar-refractivity contribution in [2.75, 3.05) is 0 Å². The van der Waals surface area contributed by atoms with Crippen LogP contribution in [0.2, 0.25) is 0 Å². The number of nitrogens with zero attached hydrogens (tertiary/aromatic N) is 2. The first-order valence-corrected chi connectivity index (χ1v) is 7.17. The first-order valence-electron chi connectivity index (χ1n) is 7.17. The van der Waals surface area contributed by atoms with Crippen molar-refractivity contribution in [3.63, 3.8) is 0 Å². The van der Waals surface area contributed by atoms with Crippen LogP contribution in [0.1, 0.15) is 38.6 Å². The van der Waals surface area contributed by atoms with E-state index < -0.39 is 0 Å². The Morgan fingerprint density at radius 1 is 1.26 bits per heavy atom. The second kappa shape index (κ2) is 5.74. The Hall–Kier alpha value is -1.35. The molecule has 0 radical (unpaired) electrons. The Morgan fingerprint density at radius 2 is 2.00 bits per heavy atom. The number of aromatic nitrogens is 2. The molecule has 1 atom stereocenters. The van der Waals surface area contributed by atoms with Crippen molar-refractivity contribution in [3.05, 3.63) is 29.6 Å². The molecule has 1 heterocycles. The van der Waals surface area contributed by atoms with Crippen LogP contribution in [0.15, 0.2) is 18.2 Å². The van der Waals surface area contributed by atoms with Crippen molar-refractivity contribution >= 4 is 11.0 Å². The first kappa shape index (κ1) is 14.1. The van der Waals surface area contributed by atoms with Gasteiger partial charge in [0.05, 0.1) is 11.0 Å². The van der Waals surface area contributed by atoms with E-state index in [0.717, 1.165) is 24.8 Å². The van der Waals surface area contributed by atoms with E-state index in [2.05, 4.69) is 50.6 Å². The monoisotopic (exact) mass is 259 g/mol. The van der Waals surface area contributed by atoms with Crippen LogP contribution in [0, 0.1) is 5.92 Å². The fourth-order valence-electron chi connectivity index (χ4n) is 2.39. The lowest BCUT2D eigenvalue weighted by atomic mass is 10.1. The molecule has 19 heavy (non-hydrogen) atoms. The molecular weight excluding hydrogens is 234 g/mol. The van der Waals surface area contributed by atoms with Crippen molar-refractivity contribution in [1.29, 1.82) is 0 Å². The summed E-state index contributed by atoms with van der Waals surface area (Å²) in [6, 6.07) is 6.85. The van der Waals surface area contributed by atoms with Gasteiger partial charge in [0.25, 0.3) is 0 Å². The number of fused-ring (bicyclic) bond motifs is 1. The molecule has 104 valence electrons. The second-order valence-corrected chi connectivity index (χ2v) is 6.02. The van der Waals surface area contributed by atoms with Gasteiger partial charge in [-0.2, -0.15) is 0 Å². The molecule has 1 aromatic heterocycles. The molecular formula is C16H25N3. The molecule has 0 saturated carbocycles. The van der Waals surface area contributed by atoms with Crippen LogP contribution in [0.5, 0.6) is 0 Å². The molecule has 0 amide bonds. The van der Waals surface area contributed by atoms with Crippen LogP contribution in [-0.2, 0) is 19.9 Å². The highest BCUT2D eigenvalue weighted by molar-refractivity contribution is 5.76. The maximum absolute atomic E-state index is 5.82. The van der Waals surface area contributed by atoms with Gasteiger partial charge >= 0.3 is 0 Å². The lowest BCUT2D eigenvalue weighted by molar-refractivity contribution is 0.606. The average Bonchev–Trinajstić information content (AvgIpc) is 2.63. The fraction of sp³-hybridized carbons (Fsp3) is 0.562. The van der Waals surface area contributed by atoms with Crippen molar-refractivity contribution < 1.29 is 0 Å². The average molecular weight is 259 g/mol. The van der Waals surface area contributed by atoms with Gasteiger partial charge in [-0.25, -0.2) is 4.98 Å². The van der Waals surface area contributed by atoms with E-state index in [9.17, 15) is 0 Å². The minimum atomic E-state index is 0.260. The Balaban J connectivity index is 2.27. The van der Waals surface area contributed by atoms with Gasteiger partial charge in [0.15, 0.2) is 0 Å². The maximum Gasteiger partial charge on any atom is 0.109 e. The third-order valence-electron chi connectivity index (χ3n) is 3.52. The molecule has 2 rings (SSSR count). The molecule has 1 unspecified atom stereocenters. The number of nitrogens with two attached hydrogens (primary N) is 1. The SMILES string of the molecule is CC(C)Cc1nc2cc(CCC(C)N)ccc2n1C. The number of hydrogen-bond donors (Lipinski definition) is 1. The maximum atomic E-state index is 5.82. The summed E-state index contributed by atoms with van der Waals surface area (Å²) in [5.74, 6) is 1.81. The van der Waals surface area contributed by atoms with Crippen molar-refractivity contribution in [2.24, 2.45) is 18.7 Å². The summed E-state index contributed by atoms with van der Waals surface area (Å²) in [4.78, 5) is 4.77. The molecule has 3 heteroatoms. The number of benzene rings is 1. The second-order valence-electron chi connectivity index (χ2n) is 6.02. The van der Waals surface area contributed by atoms with Crippen molar-refractivity contribution in [3.8, 4) is 0 Å². The minimum Gasteiger partial charge on any atom is -0.331 e. The van der Waals surface area contributed by atoms with Crippen LogP contribution >= 0.6 is 0 Å². The van der Waals surface area contributed by atoms with E-state index in [1.165, 1.54) is 16.9 Å². The lowest BCUT2D eigenvalue weighted by Gasteiger charge is -2.05. The van der Waals surface area contributed by atoms with Crippen LogP contribution < -0.4 is 5.73 Å². The highest BCUT2D eigenvalue weighted by Gasteiger charge is 2.09. The lowest BCUT2D eigenvalue weighted by Crippen LogP contribution is -2.15. The van der Waals surface area contributed by atoms with E-state index >= 15 is 0 Å². The van der Waals surface area contributed by atoms with Crippen molar-refractivity contribution in [2.45, 2.75) is 46.1 Å². The zero-order valence-electron chi connectivity index (χ0n) is 12.5. The minimum absolute atomic E-state index is 0.260. The summed E-state index contributed by atoms with van der Waals surface area (Å²) >= 11 is 0. The molecule has 2 aromatic rings. The molecule has 0 aliphatic carbocycles. The topological polar surface area (TPSA) is 43.8 Å². The number of hydrogen-bond acceptors (Lipinski definition) is 2. The van der Waals surface area contributed by atoms with E-state index in [-0.39, 0.29) is 6.04 Å². The van der Waals surface area contributed by atoms with E-state index in [0.29, 0.717) is 5.92 Å². The summed E-state index contributed by atoms with van der Waals surface area (Å²) in [6.07, 6.45) is 3.08. The van der Waals surface area contributed by atoms with Gasteiger partial charge in [-0.3, -0.25) is 0 Å². The van der Waals surface area contributed by atoms with Gasteiger partial charge in [0.2, 0.25) is 0 Å². The molecule has 0 aliphatic heterocycles. The third kappa shape index (κ3) is 3.35. The zero-order valence-corrected chi connectivity index (χ0v) is 12.5. The quantitative estimate of drug-likeness (QED) is 0.897. The van der Waals surface area contributed by atoms with Crippen LogP contribution in [0.3, 0.4) is 0 Å². The molecule has 0 aliphatic rings. The molecule has 0 saturated heterocycles. The van der Waals surface area contributed by atoms with Crippen LogP contribution in [-0.4, -0.2) is 15.6 Å². The largest absolute Gasteiger partial charge is 0.331 e. The van der Waals surface area contributed by atoms with Crippen LogP contribution in [0.25, 0.3) is 11.0 Å². The zero-order chi connectivity index (χ0) is 14.0. The summed E-state index contributed by atoms with van der Waals surface area (Å²) < 4.78 is 2.21. The van der Waals surface area contributed by atoms with Crippen LogP contribution in [0.4, 0.5) is 0 Å². The standard InChI is InChI=1S/C16H25N3/c1-11(2)9-16-18-14-10-13(6-5-12(3)17)7-8-15(14)19(16)4/h7-8,10-12H,5-6,9,17H2,1-4H3. The summed E-state index contributed by atoms with van der Waals surface area (Å²) in [5, 5.41) is 0. The number of rotatable bonds is 5.